The molecule has 1 saturated carbocycles. The summed E-state index contributed by atoms with van der Waals surface area (Å²) in [5.41, 5.74) is 7.29. The third-order valence-electron chi connectivity index (χ3n) is 4.39. The van der Waals surface area contributed by atoms with E-state index >= 15 is 0 Å². The van der Waals surface area contributed by atoms with E-state index in [2.05, 4.69) is 10.3 Å². The van der Waals surface area contributed by atoms with E-state index in [0.29, 0.717) is 30.0 Å². The number of halogens is 1. The Hall–Kier alpha value is -2.05. The van der Waals surface area contributed by atoms with E-state index in [1.165, 1.54) is 0 Å². The monoisotopic (exact) mass is 335 g/mol. The minimum Gasteiger partial charge on any atom is -0.481 e. The van der Waals surface area contributed by atoms with Crippen LogP contribution >= 0.6 is 11.6 Å². The van der Waals surface area contributed by atoms with Gasteiger partial charge in [-0.3, -0.25) is 9.59 Å². The molecule has 3 unspecified atom stereocenters. The Kier molecular flexibility index (Phi) is 4.28. The van der Waals surface area contributed by atoms with E-state index in [1.54, 1.807) is 18.2 Å². The van der Waals surface area contributed by atoms with Crippen LogP contribution in [0.3, 0.4) is 0 Å². The van der Waals surface area contributed by atoms with Crippen molar-refractivity contribution < 1.29 is 14.7 Å². The first kappa shape index (κ1) is 15.8. The molecular weight excluding hydrogens is 318 g/mol. The predicted octanol–water partition coefficient (Wildman–Crippen LogP) is 2.13. The number of hydrogen-bond acceptors (Lipinski definition) is 3. The van der Waals surface area contributed by atoms with Crippen LogP contribution in [0.25, 0.3) is 10.9 Å². The molecule has 1 aliphatic rings. The molecule has 1 fully saturated rings. The van der Waals surface area contributed by atoms with Crippen molar-refractivity contribution in [1.29, 1.82) is 0 Å². The Labute approximate surface area is 138 Å². The van der Waals surface area contributed by atoms with Gasteiger partial charge in [0, 0.05) is 28.0 Å². The second kappa shape index (κ2) is 6.22. The quantitative estimate of drug-likeness (QED) is 0.689. The van der Waals surface area contributed by atoms with Crippen molar-refractivity contribution in [3.8, 4) is 0 Å². The number of benzene rings is 1. The van der Waals surface area contributed by atoms with Gasteiger partial charge in [0.2, 0.25) is 0 Å². The molecular formula is C16H18ClN3O3. The number of fused-ring (bicyclic) bond motifs is 1. The second-order valence-corrected chi connectivity index (χ2v) is 6.44. The first-order valence-corrected chi connectivity index (χ1v) is 7.89. The van der Waals surface area contributed by atoms with Gasteiger partial charge in [0.15, 0.2) is 0 Å². The van der Waals surface area contributed by atoms with E-state index in [-0.39, 0.29) is 18.0 Å². The van der Waals surface area contributed by atoms with Crippen molar-refractivity contribution in [1.82, 2.24) is 10.3 Å². The van der Waals surface area contributed by atoms with Crippen molar-refractivity contribution in [2.75, 3.05) is 0 Å². The average Bonchev–Trinajstić information content (AvgIpc) is 2.92. The van der Waals surface area contributed by atoms with Crippen molar-refractivity contribution in [3.05, 3.63) is 35.0 Å². The van der Waals surface area contributed by atoms with Crippen molar-refractivity contribution >= 4 is 34.4 Å². The van der Waals surface area contributed by atoms with Crippen LogP contribution in [0.4, 0.5) is 0 Å². The minimum atomic E-state index is -0.822. The Bertz CT molecular complexity index is 758. The van der Waals surface area contributed by atoms with Crippen LogP contribution in [0, 0.1) is 5.92 Å². The molecule has 23 heavy (non-hydrogen) atoms. The number of carbonyl (C=O) groups excluding carboxylic acids is 1. The van der Waals surface area contributed by atoms with E-state index in [1.807, 2.05) is 6.07 Å². The molecule has 2 aromatic rings. The number of H-pyrrole nitrogens is 1. The summed E-state index contributed by atoms with van der Waals surface area (Å²) < 4.78 is 0. The fourth-order valence-corrected chi connectivity index (χ4v) is 3.26. The van der Waals surface area contributed by atoms with Gasteiger partial charge in [-0.2, -0.15) is 0 Å². The molecule has 1 aliphatic carbocycles. The number of aliphatic carboxylic acids is 1. The Morgan fingerprint density at radius 3 is 2.78 bits per heavy atom. The van der Waals surface area contributed by atoms with Crippen LogP contribution in [-0.4, -0.2) is 34.1 Å². The number of rotatable bonds is 3. The van der Waals surface area contributed by atoms with Crippen LogP contribution < -0.4 is 11.1 Å². The van der Waals surface area contributed by atoms with Gasteiger partial charge in [-0.15, -0.1) is 0 Å². The molecule has 6 nitrogen and oxygen atoms in total. The summed E-state index contributed by atoms with van der Waals surface area (Å²) in [6, 6.07) is 6.53. The number of carbonyl (C=O) groups is 2. The van der Waals surface area contributed by atoms with Crippen LogP contribution in [0.15, 0.2) is 24.3 Å². The molecule has 3 atom stereocenters. The number of amides is 1. The number of nitrogens with two attached hydrogens (primary N) is 1. The predicted molar refractivity (Wildman–Crippen MR) is 87.5 cm³/mol. The van der Waals surface area contributed by atoms with E-state index < -0.39 is 11.9 Å². The van der Waals surface area contributed by atoms with Gasteiger partial charge in [-0.25, -0.2) is 0 Å². The molecule has 0 spiro atoms. The topological polar surface area (TPSA) is 108 Å². The van der Waals surface area contributed by atoms with E-state index in [0.717, 1.165) is 10.9 Å². The molecule has 3 rings (SSSR count). The fourth-order valence-electron chi connectivity index (χ4n) is 3.08. The maximum absolute atomic E-state index is 12.4. The van der Waals surface area contributed by atoms with Gasteiger partial charge in [-0.05, 0) is 43.5 Å². The number of carboxylic acid groups (broad SMARTS) is 1. The van der Waals surface area contributed by atoms with Crippen molar-refractivity contribution in [2.45, 2.75) is 31.3 Å². The number of aromatic amines is 1. The summed E-state index contributed by atoms with van der Waals surface area (Å²) in [5, 5.41) is 13.4. The molecule has 0 aliphatic heterocycles. The third kappa shape index (κ3) is 3.33. The lowest BCUT2D eigenvalue weighted by Gasteiger charge is -2.32. The van der Waals surface area contributed by atoms with Gasteiger partial charge < -0.3 is 21.1 Å². The zero-order chi connectivity index (χ0) is 16.6. The lowest BCUT2D eigenvalue weighted by atomic mass is 9.82. The normalized spacial score (nSPS) is 24.5. The minimum absolute atomic E-state index is 0.215. The molecule has 5 N–H and O–H groups in total. The van der Waals surface area contributed by atoms with Gasteiger partial charge in [-0.1, -0.05) is 11.6 Å². The van der Waals surface area contributed by atoms with Crippen LogP contribution in [0.2, 0.25) is 5.02 Å². The Balaban J connectivity index is 1.69. The first-order chi connectivity index (χ1) is 10.9. The number of carboxylic acids is 1. The second-order valence-electron chi connectivity index (χ2n) is 6.01. The Morgan fingerprint density at radius 2 is 2.09 bits per heavy atom. The van der Waals surface area contributed by atoms with E-state index in [4.69, 9.17) is 22.4 Å². The van der Waals surface area contributed by atoms with E-state index in [9.17, 15) is 9.59 Å². The molecule has 122 valence electrons. The van der Waals surface area contributed by atoms with Crippen molar-refractivity contribution in [3.63, 3.8) is 0 Å². The van der Waals surface area contributed by atoms with Crippen molar-refractivity contribution in [2.24, 2.45) is 11.7 Å². The maximum Gasteiger partial charge on any atom is 0.306 e. The highest BCUT2D eigenvalue weighted by Gasteiger charge is 2.32. The largest absolute Gasteiger partial charge is 0.481 e. The van der Waals surface area contributed by atoms with Gasteiger partial charge in [0.1, 0.15) is 5.69 Å². The molecule has 1 amide bonds. The fraction of sp³-hybridized carbons (Fsp3) is 0.375. The summed E-state index contributed by atoms with van der Waals surface area (Å²) in [7, 11) is 0. The van der Waals surface area contributed by atoms with Crippen LogP contribution in [0.5, 0.6) is 0 Å². The highest BCUT2D eigenvalue weighted by atomic mass is 35.5. The molecule has 1 heterocycles. The lowest BCUT2D eigenvalue weighted by molar-refractivity contribution is -0.143. The molecule has 1 aromatic carbocycles. The zero-order valence-corrected chi connectivity index (χ0v) is 13.1. The van der Waals surface area contributed by atoms with Gasteiger partial charge in [0.05, 0.1) is 5.92 Å². The number of hydrogen-bond donors (Lipinski definition) is 4. The number of aromatic nitrogens is 1. The molecule has 0 saturated heterocycles. The third-order valence-corrected chi connectivity index (χ3v) is 4.63. The summed E-state index contributed by atoms with van der Waals surface area (Å²) in [6.45, 7) is 0. The average molecular weight is 336 g/mol. The molecule has 1 aromatic heterocycles. The lowest BCUT2D eigenvalue weighted by Crippen LogP contribution is -2.51. The summed E-state index contributed by atoms with van der Waals surface area (Å²) in [4.78, 5) is 26.4. The van der Waals surface area contributed by atoms with Crippen LogP contribution in [-0.2, 0) is 4.79 Å². The van der Waals surface area contributed by atoms with Crippen LogP contribution in [0.1, 0.15) is 29.8 Å². The number of nitrogens with one attached hydrogen (secondary N) is 2. The smallest absolute Gasteiger partial charge is 0.306 e. The SMILES string of the molecule is NC1CC(C(=O)O)CCC1NC(=O)c1cc2cc(Cl)ccc2[nH]1. The molecule has 0 radical (unpaired) electrons. The van der Waals surface area contributed by atoms with Gasteiger partial charge >= 0.3 is 5.97 Å². The summed E-state index contributed by atoms with van der Waals surface area (Å²) in [5.74, 6) is -1.49. The summed E-state index contributed by atoms with van der Waals surface area (Å²) >= 11 is 5.94. The molecule has 7 heteroatoms. The highest BCUT2D eigenvalue weighted by Crippen LogP contribution is 2.25. The summed E-state index contributed by atoms with van der Waals surface area (Å²) in [6.07, 6.45) is 1.47. The maximum atomic E-state index is 12.4. The first-order valence-electron chi connectivity index (χ1n) is 7.51. The molecule has 0 bridgehead atoms. The zero-order valence-electron chi connectivity index (χ0n) is 12.4. The Morgan fingerprint density at radius 1 is 1.30 bits per heavy atom. The highest BCUT2D eigenvalue weighted by molar-refractivity contribution is 6.31. The van der Waals surface area contributed by atoms with Gasteiger partial charge in [0.25, 0.3) is 5.91 Å². The standard InChI is InChI=1S/C16H18ClN3O3/c17-10-2-4-12-9(5-10)7-14(19-12)15(21)20-13-3-1-8(16(22)23)6-11(13)18/h2,4-5,7-8,11,13,19H,1,3,6,18H2,(H,20,21)(H,22,23).